The van der Waals surface area contributed by atoms with Crippen molar-refractivity contribution in [2.24, 2.45) is 0 Å². The predicted molar refractivity (Wildman–Crippen MR) is 69.6 cm³/mol. The maximum Gasteiger partial charge on any atom is 0.336 e. The fourth-order valence-electron chi connectivity index (χ4n) is 1.95. The molecule has 0 amide bonds. The lowest BCUT2D eigenvalue weighted by Gasteiger charge is -2.06. The Hall–Kier alpha value is -2.55. The van der Waals surface area contributed by atoms with E-state index in [1.165, 1.54) is 12.1 Å². The highest BCUT2D eigenvalue weighted by Gasteiger charge is 2.07. The van der Waals surface area contributed by atoms with Gasteiger partial charge >= 0.3 is 5.63 Å². The Morgan fingerprint density at radius 2 is 1.72 bits per heavy atom. The molecule has 0 aliphatic rings. The van der Waals surface area contributed by atoms with Crippen molar-refractivity contribution in [3.8, 4) is 16.9 Å². The Balaban J connectivity index is 2.29. The predicted octanol–water partition coefficient (Wildman–Crippen LogP) is 3.17. The third kappa shape index (κ3) is 1.76. The molecule has 1 heterocycles. The largest absolute Gasteiger partial charge is 0.507 e. The number of rotatable bonds is 1. The second kappa shape index (κ2) is 4.04. The number of phenolic OH excluding ortho intramolecular Hbond substituents is 1. The molecule has 1 N–H and O–H groups in total. The van der Waals surface area contributed by atoms with Gasteiger partial charge in [0.05, 0.1) is 0 Å². The highest BCUT2D eigenvalue weighted by atomic mass is 16.4. The fourth-order valence-corrected chi connectivity index (χ4v) is 1.95. The second-order valence-electron chi connectivity index (χ2n) is 4.03. The first-order chi connectivity index (χ1) is 8.74. The molecule has 88 valence electrons. The molecule has 18 heavy (non-hydrogen) atoms. The lowest BCUT2D eigenvalue weighted by molar-refractivity contribution is 0.475. The Morgan fingerprint density at radius 3 is 2.50 bits per heavy atom. The molecule has 0 radical (unpaired) electrons. The summed E-state index contributed by atoms with van der Waals surface area (Å²) in [7, 11) is 0. The first-order valence-corrected chi connectivity index (χ1v) is 5.56. The minimum atomic E-state index is -0.422. The molecule has 3 nitrogen and oxygen atoms in total. The molecule has 3 rings (SSSR count). The summed E-state index contributed by atoms with van der Waals surface area (Å²) in [6, 6.07) is 15.9. The van der Waals surface area contributed by atoms with Gasteiger partial charge in [-0.2, -0.15) is 0 Å². The van der Waals surface area contributed by atoms with E-state index in [1.807, 2.05) is 36.4 Å². The lowest BCUT2D eigenvalue weighted by Crippen LogP contribution is -1.94. The zero-order valence-corrected chi connectivity index (χ0v) is 9.46. The van der Waals surface area contributed by atoms with Crippen LogP contribution < -0.4 is 5.63 Å². The molecule has 2 aromatic carbocycles. The Morgan fingerprint density at radius 1 is 0.944 bits per heavy atom. The van der Waals surface area contributed by atoms with Crippen molar-refractivity contribution in [2.45, 2.75) is 0 Å². The summed E-state index contributed by atoms with van der Waals surface area (Å²) in [4.78, 5) is 11.1. The highest BCUT2D eigenvalue weighted by molar-refractivity contribution is 5.86. The summed E-state index contributed by atoms with van der Waals surface area (Å²) in [5, 5.41) is 10.8. The Kier molecular flexibility index (Phi) is 2.38. The average Bonchev–Trinajstić information content (AvgIpc) is 2.39. The molecule has 3 heteroatoms. The van der Waals surface area contributed by atoms with Crippen molar-refractivity contribution in [3.05, 3.63) is 65.0 Å². The van der Waals surface area contributed by atoms with Crippen molar-refractivity contribution >= 4 is 11.0 Å². The number of hydrogen-bond acceptors (Lipinski definition) is 3. The molecule has 0 fully saturated rings. The van der Waals surface area contributed by atoms with Crippen LogP contribution in [0.1, 0.15) is 0 Å². The van der Waals surface area contributed by atoms with Crippen LogP contribution in [0.25, 0.3) is 22.1 Å². The number of hydrogen-bond donors (Lipinski definition) is 1. The zero-order chi connectivity index (χ0) is 12.5. The minimum Gasteiger partial charge on any atom is -0.507 e. The van der Waals surface area contributed by atoms with Crippen LogP contribution in [0.3, 0.4) is 0 Å². The molecule has 3 aromatic rings. The van der Waals surface area contributed by atoms with Crippen LogP contribution in [-0.4, -0.2) is 5.11 Å². The highest BCUT2D eigenvalue weighted by Crippen LogP contribution is 2.32. The van der Waals surface area contributed by atoms with Crippen molar-refractivity contribution in [3.63, 3.8) is 0 Å². The molecule has 0 aliphatic carbocycles. The summed E-state index contributed by atoms with van der Waals surface area (Å²) in [6.45, 7) is 0. The van der Waals surface area contributed by atoms with Crippen LogP contribution in [0.15, 0.2) is 63.8 Å². The third-order valence-corrected chi connectivity index (χ3v) is 2.82. The quantitative estimate of drug-likeness (QED) is 0.662. The van der Waals surface area contributed by atoms with E-state index in [-0.39, 0.29) is 5.75 Å². The van der Waals surface area contributed by atoms with E-state index in [4.69, 9.17) is 4.42 Å². The summed E-state index contributed by atoms with van der Waals surface area (Å²) in [5.74, 6) is 0.100. The normalized spacial score (nSPS) is 10.7. The summed E-state index contributed by atoms with van der Waals surface area (Å²) in [6.07, 6.45) is 0. The molecule has 0 bridgehead atoms. The SMILES string of the molecule is O=c1ccc2cc(-c3ccccc3)c(O)cc2o1. The molecule has 0 saturated heterocycles. The minimum absolute atomic E-state index is 0.100. The third-order valence-electron chi connectivity index (χ3n) is 2.82. The van der Waals surface area contributed by atoms with Crippen LogP contribution in [-0.2, 0) is 0 Å². The fraction of sp³-hybridized carbons (Fsp3) is 0. The van der Waals surface area contributed by atoms with E-state index in [2.05, 4.69) is 0 Å². The van der Waals surface area contributed by atoms with Gasteiger partial charge in [0, 0.05) is 23.1 Å². The molecular formula is C15H10O3. The van der Waals surface area contributed by atoms with Gasteiger partial charge < -0.3 is 9.52 Å². The zero-order valence-electron chi connectivity index (χ0n) is 9.46. The first kappa shape index (κ1) is 10.6. The van der Waals surface area contributed by atoms with Gasteiger partial charge in [0.15, 0.2) is 0 Å². The van der Waals surface area contributed by atoms with Crippen molar-refractivity contribution in [1.82, 2.24) is 0 Å². The Labute approximate surface area is 103 Å². The number of aromatic hydroxyl groups is 1. The molecule has 0 aliphatic heterocycles. The smallest absolute Gasteiger partial charge is 0.336 e. The van der Waals surface area contributed by atoms with E-state index in [9.17, 15) is 9.90 Å². The van der Waals surface area contributed by atoms with Crippen molar-refractivity contribution < 1.29 is 9.52 Å². The van der Waals surface area contributed by atoms with Crippen LogP contribution in [0.2, 0.25) is 0 Å². The van der Waals surface area contributed by atoms with Gasteiger partial charge in [0.1, 0.15) is 11.3 Å². The van der Waals surface area contributed by atoms with Crippen LogP contribution in [0.4, 0.5) is 0 Å². The van der Waals surface area contributed by atoms with Gasteiger partial charge in [-0.3, -0.25) is 0 Å². The van der Waals surface area contributed by atoms with Gasteiger partial charge in [-0.05, 0) is 17.7 Å². The molecule has 1 aromatic heterocycles. The number of phenols is 1. The van der Waals surface area contributed by atoms with Gasteiger partial charge in [-0.1, -0.05) is 30.3 Å². The molecule has 0 saturated carbocycles. The summed E-state index contributed by atoms with van der Waals surface area (Å²) >= 11 is 0. The molecule has 0 unspecified atom stereocenters. The van der Waals surface area contributed by atoms with Gasteiger partial charge in [0.2, 0.25) is 0 Å². The second-order valence-corrected chi connectivity index (χ2v) is 4.03. The van der Waals surface area contributed by atoms with Gasteiger partial charge in [0.25, 0.3) is 0 Å². The Bertz CT molecular complexity index is 758. The van der Waals surface area contributed by atoms with Crippen LogP contribution >= 0.6 is 0 Å². The molecule has 0 atom stereocenters. The summed E-state index contributed by atoms with van der Waals surface area (Å²) in [5.41, 5.74) is 1.61. The number of fused-ring (bicyclic) bond motifs is 1. The van der Waals surface area contributed by atoms with E-state index in [0.29, 0.717) is 5.58 Å². The van der Waals surface area contributed by atoms with Crippen LogP contribution in [0, 0.1) is 0 Å². The van der Waals surface area contributed by atoms with E-state index < -0.39 is 5.63 Å². The maximum absolute atomic E-state index is 11.1. The maximum atomic E-state index is 11.1. The van der Waals surface area contributed by atoms with Crippen molar-refractivity contribution in [1.29, 1.82) is 0 Å². The van der Waals surface area contributed by atoms with Crippen molar-refractivity contribution in [2.75, 3.05) is 0 Å². The number of benzene rings is 2. The van der Waals surface area contributed by atoms with Gasteiger partial charge in [-0.15, -0.1) is 0 Å². The molecule has 0 spiro atoms. The standard InChI is InChI=1S/C15H10O3/c16-13-9-14-11(6-7-15(17)18-14)8-12(13)10-4-2-1-3-5-10/h1-9,16H. The average molecular weight is 238 g/mol. The van der Waals surface area contributed by atoms with E-state index in [0.717, 1.165) is 16.5 Å². The lowest BCUT2D eigenvalue weighted by atomic mass is 10.0. The monoisotopic (exact) mass is 238 g/mol. The topological polar surface area (TPSA) is 50.4 Å². The summed E-state index contributed by atoms with van der Waals surface area (Å²) < 4.78 is 5.02. The first-order valence-electron chi connectivity index (χ1n) is 5.56. The van der Waals surface area contributed by atoms with Gasteiger partial charge in [-0.25, -0.2) is 4.79 Å². The molecular weight excluding hydrogens is 228 g/mol. The van der Waals surface area contributed by atoms with E-state index in [1.54, 1.807) is 6.07 Å². The van der Waals surface area contributed by atoms with Crippen LogP contribution in [0.5, 0.6) is 5.75 Å². The van der Waals surface area contributed by atoms with E-state index >= 15 is 0 Å².